The molecule has 100 valence electrons. The highest BCUT2D eigenvalue weighted by Gasteiger charge is 2.15. The van der Waals surface area contributed by atoms with Crippen molar-refractivity contribution in [3.8, 4) is 0 Å². The van der Waals surface area contributed by atoms with E-state index in [1.165, 1.54) is 11.1 Å². The lowest BCUT2D eigenvalue weighted by Crippen LogP contribution is -2.26. The Morgan fingerprint density at radius 1 is 1.42 bits per heavy atom. The van der Waals surface area contributed by atoms with Crippen LogP contribution in [0.3, 0.4) is 0 Å². The highest BCUT2D eigenvalue weighted by molar-refractivity contribution is 5.99. The molecule has 0 bridgehead atoms. The van der Waals surface area contributed by atoms with Gasteiger partial charge in [-0.25, -0.2) is 0 Å². The number of hydrogen-bond acceptors (Lipinski definition) is 3. The Morgan fingerprint density at radius 3 is 2.84 bits per heavy atom. The van der Waals surface area contributed by atoms with Crippen molar-refractivity contribution in [1.82, 2.24) is 15.5 Å². The minimum absolute atomic E-state index is 0.184. The molecule has 0 unspecified atom stereocenters. The maximum Gasteiger partial charge on any atom is 0.256 e. The van der Waals surface area contributed by atoms with Gasteiger partial charge >= 0.3 is 0 Å². The summed E-state index contributed by atoms with van der Waals surface area (Å²) in [5.41, 5.74) is 9.19. The number of H-pyrrole nitrogens is 1. The third kappa shape index (κ3) is 3.13. The van der Waals surface area contributed by atoms with Gasteiger partial charge in [-0.15, -0.1) is 0 Å². The Hall–Kier alpha value is -2.30. The molecular formula is C14H18N4O. The first kappa shape index (κ1) is 13.1. The van der Waals surface area contributed by atoms with E-state index in [4.69, 9.17) is 5.73 Å². The summed E-state index contributed by atoms with van der Waals surface area (Å²) in [5, 5.41) is 9.36. The van der Waals surface area contributed by atoms with E-state index in [1.54, 1.807) is 6.92 Å². The van der Waals surface area contributed by atoms with Crippen LogP contribution >= 0.6 is 0 Å². The van der Waals surface area contributed by atoms with Gasteiger partial charge in [0.2, 0.25) is 0 Å². The Labute approximate surface area is 112 Å². The number of aromatic nitrogens is 2. The van der Waals surface area contributed by atoms with Crippen molar-refractivity contribution in [2.45, 2.75) is 20.3 Å². The average molecular weight is 258 g/mol. The summed E-state index contributed by atoms with van der Waals surface area (Å²) in [4.78, 5) is 12.0. The fourth-order valence-electron chi connectivity index (χ4n) is 2.01. The van der Waals surface area contributed by atoms with E-state index in [-0.39, 0.29) is 11.7 Å². The number of carbonyl (C=O) groups excluding carboxylic acids is 1. The van der Waals surface area contributed by atoms with Gasteiger partial charge in [0.05, 0.1) is 0 Å². The third-order valence-corrected chi connectivity index (χ3v) is 2.98. The van der Waals surface area contributed by atoms with Crippen LogP contribution in [0, 0.1) is 13.8 Å². The monoisotopic (exact) mass is 258 g/mol. The van der Waals surface area contributed by atoms with Crippen LogP contribution in [0.25, 0.3) is 0 Å². The van der Waals surface area contributed by atoms with E-state index in [9.17, 15) is 4.79 Å². The lowest BCUT2D eigenvalue weighted by Gasteiger charge is -2.06. The molecule has 2 aromatic rings. The SMILES string of the molecule is Cc1cccc(CCNC(=O)c2c(N)n[nH]c2C)c1. The van der Waals surface area contributed by atoms with E-state index < -0.39 is 0 Å². The van der Waals surface area contributed by atoms with Crippen LogP contribution in [0.15, 0.2) is 24.3 Å². The van der Waals surface area contributed by atoms with E-state index in [1.807, 2.05) is 6.07 Å². The number of carbonyl (C=O) groups is 1. The van der Waals surface area contributed by atoms with Gasteiger partial charge < -0.3 is 11.1 Å². The predicted molar refractivity (Wildman–Crippen MR) is 75.0 cm³/mol. The summed E-state index contributed by atoms with van der Waals surface area (Å²) in [5.74, 6) is 0.0574. The van der Waals surface area contributed by atoms with Crippen molar-refractivity contribution in [2.24, 2.45) is 0 Å². The minimum Gasteiger partial charge on any atom is -0.382 e. The van der Waals surface area contributed by atoms with Gasteiger partial charge in [-0.3, -0.25) is 9.89 Å². The number of aryl methyl sites for hydroxylation is 2. The predicted octanol–water partition coefficient (Wildman–Crippen LogP) is 1.58. The van der Waals surface area contributed by atoms with Gasteiger partial charge in [0, 0.05) is 12.2 Å². The van der Waals surface area contributed by atoms with E-state index in [0.717, 1.165) is 6.42 Å². The number of nitrogens with two attached hydrogens (primary N) is 1. The second kappa shape index (κ2) is 5.56. The van der Waals surface area contributed by atoms with Crippen LogP contribution in [0.2, 0.25) is 0 Å². The Kier molecular flexibility index (Phi) is 3.85. The lowest BCUT2D eigenvalue weighted by molar-refractivity contribution is 0.0954. The molecule has 0 radical (unpaired) electrons. The standard InChI is InChI=1S/C14H18N4O/c1-9-4-3-5-11(8-9)6-7-16-14(19)12-10(2)17-18-13(12)15/h3-5,8H,6-7H2,1-2H3,(H,16,19)(H3,15,17,18). The Morgan fingerprint density at radius 2 is 2.21 bits per heavy atom. The summed E-state index contributed by atoms with van der Waals surface area (Å²) in [6.45, 7) is 4.41. The van der Waals surface area contributed by atoms with Crippen LogP contribution in [0.4, 0.5) is 5.82 Å². The molecule has 1 heterocycles. The molecule has 19 heavy (non-hydrogen) atoms. The Bertz CT molecular complexity index is 569. The number of benzene rings is 1. The second-order valence-corrected chi connectivity index (χ2v) is 4.60. The molecule has 0 atom stereocenters. The quantitative estimate of drug-likeness (QED) is 0.778. The molecule has 5 nitrogen and oxygen atoms in total. The van der Waals surface area contributed by atoms with Crippen LogP contribution < -0.4 is 11.1 Å². The van der Waals surface area contributed by atoms with Crippen LogP contribution in [0.1, 0.15) is 27.2 Å². The second-order valence-electron chi connectivity index (χ2n) is 4.60. The molecule has 1 aromatic carbocycles. The number of rotatable bonds is 4. The van der Waals surface area contributed by atoms with Crippen molar-refractivity contribution in [1.29, 1.82) is 0 Å². The van der Waals surface area contributed by atoms with E-state index in [2.05, 4.69) is 40.6 Å². The summed E-state index contributed by atoms with van der Waals surface area (Å²) in [7, 11) is 0. The van der Waals surface area contributed by atoms with Gasteiger partial charge in [0.25, 0.3) is 5.91 Å². The summed E-state index contributed by atoms with van der Waals surface area (Å²) >= 11 is 0. The van der Waals surface area contributed by atoms with Gasteiger partial charge in [0.1, 0.15) is 5.56 Å². The minimum atomic E-state index is -0.184. The topological polar surface area (TPSA) is 83.8 Å². The summed E-state index contributed by atoms with van der Waals surface area (Å²) in [6, 6.07) is 8.24. The molecular weight excluding hydrogens is 240 g/mol. The number of hydrogen-bond donors (Lipinski definition) is 3. The number of anilines is 1. The largest absolute Gasteiger partial charge is 0.382 e. The third-order valence-electron chi connectivity index (χ3n) is 2.98. The normalized spacial score (nSPS) is 10.4. The van der Waals surface area contributed by atoms with Crippen molar-refractivity contribution in [3.05, 3.63) is 46.6 Å². The number of nitrogens with zero attached hydrogens (tertiary/aromatic N) is 1. The van der Waals surface area contributed by atoms with Crippen molar-refractivity contribution < 1.29 is 4.79 Å². The molecule has 0 aliphatic rings. The summed E-state index contributed by atoms with van der Waals surface area (Å²) < 4.78 is 0. The summed E-state index contributed by atoms with van der Waals surface area (Å²) in [6.07, 6.45) is 0.796. The molecule has 1 amide bonds. The number of nitrogens with one attached hydrogen (secondary N) is 2. The van der Waals surface area contributed by atoms with Crippen LogP contribution in [0.5, 0.6) is 0 Å². The molecule has 0 saturated carbocycles. The smallest absolute Gasteiger partial charge is 0.256 e. The van der Waals surface area contributed by atoms with Gasteiger partial charge in [-0.2, -0.15) is 5.10 Å². The molecule has 0 fully saturated rings. The Balaban J connectivity index is 1.91. The first-order valence-corrected chi connectivity index (χ1v) is 6.22. The number of amides is 1. The average Bonchev–Trinajstić information content (AvgIpc) is 2.69. The zero-order chi connectivity index (χ0) is 13.8. The number of aromatic amines is 1. The van der Waals surface area contributed by atoms with Crippen molar-refractivity contribution in [3.63, 3.8) is 0 Å². The zero-order valence-electron chi connectivity index (χ0n) is 11.2. The maximum absolute atomic E-state index is 12.0. The van der Waals surface area contributed by atoms with E-state index >= 15 is 0 Å². The molecule has 4 N–H and O–H groups in total. The lowest BCUT2D eigenvalue weighted by atomic mass is 10.1. The van der Waals surface area contributed by atoms with Crippen molar-refractivity contribution in [2.75, 3.05) is 12.3 Å². The molecule has 0 saturated heterocycles. The van der Waals surface area contributed by atoms with Gasteiger partial charge in [0.15, 0.2) is 5.82 Å². The molecule has 5 heteroatoms. The van der Waals surface area contributed by atoms with Gasteiger partial charge in [-0.05, 0) is 25.8 Å². The van der Waals surface area contributed by atoms with Crippen LogP contribution in [-0.4, -0.2) is 22.6 Å². The molecule has 0 aliphatic heterocycles. The fourth-order valence-corrected chi connectivity index (χ4v) is 2.01. The van der Waals surface area contributed by atoms with Crippen molar-refractivity contribution >= 4 is 11.7 Å². The van der Waals surface area contributed by atoms with Gasteiger partial charge in [-0.1, -0.05) is 29.8 Å². The highest BCUT2D eigenvalue weighted by atomic mass is 16.1. The molecule has 0 aliphatic carbocycles. The number of nitrogen functional groups attached to an aromatic ring is 1. The highest BCUT2D eigenvalue weighted by Crippen LogP contribution is 2.11. The zero-order valence-corrected chi connectivity index (χ0v) is 11.2. The first-order valence-electron chi connectivity index (χ1n) is 6.22. The first-order chi connectivity index (χ1) is 9.08. The fraction of sp³-hybridized carbons (Fsp3) is 0.286. The molecule has 1 aromatic heterocycles. The maximum atomic E-state index is 12.0. The molecule has 2 rings (SSSR count). The van der Waals surface area contributed by atoms with E-state index in [0.29, 0.717) is 17.8 Å². The molecule has 0 spiro atoms. The van der Waals surface area contributed by atoms with Crippen LogP contribution in [-0.2, 0) is 6.42 Å².